The Balaban J connectivity index is 1.84. The minimum atomic E-state index is -0.0609. The molecule has 106 valence electrons. The first kappa shape index (κ1) is 13.4. The molecular formula is C17H16N2O2. The van der Waals surface area contributed by atoms with Gasteiger partial charge >= 0.3 is 0 Å². The smallest absolute Gasteiger partial charge is 0.251 e. The van der Waals surface area contributed by atoms with Crippen LogP contribution in [0.4, 0.5) is 0 Å². The molecule has 1 aromatic carbocycles. The number of nitrogens with one attached hydrogen (secondary N) is 1. The highest BCUT2D eigenvalue weighted by Gasteiger charge is 2.08. The number of aromatic amines is 1. The zero-order chi connectivity index (χ0) is 14.8. The SMILES string of the molecule is C=Cc1cc(CCc2nc3ccccc3o2)c(=O)[nH]c1C. The molecule has 0 saturated heterocycles. The Bertz CT molecular complexity index is 826. The number of rotatable bonds is 4. The van der Waals surface area contributed by atoms with Crippen LogP contribution in [-0.2, 0) is 12.8 Å². The molecule has 1 N–H and O–H groups in total. The van der Waals surface area contributed by atoms with E-state index < -0.39 is 0 Å². The van der Waals surface area contributed by atoms with Gasteiger partial charge in [-0.15, -0.1) is 0 Å². The predicted molar refractivity (Wildman–Crippen MR) is 83.3 cm³/mol. The van der Waals surface area contributed by atoms with Gasteiger partial charge in [-0.3, -0.25) is 4.79 Å². The van der Waals surface area contributed by atoms with Gasteiger partial charge in [0.2, 0.25) is 0 Å². The lowest BCUT2D eigenvalue weighted by atomic mass is 10.1. The van der Waals surface area contributed by atoms with Crippen LogP contribution in [0.15, 0.2) is 46.1 Å². The summed E-state index contributed by atoms with van der Waals surface area (Å²) in [5, 5.41) is 0. The van der Waals surface area contributed by atoms with Gasteiger partial charge in [0.15, 0.2) is 11.5 Å². The molecule has 21 heavy (non-hydrogen) atoms. The van der Waals surface area contributed by atoms with E-state index in [4.69, 9.17) is 4.42 Å². The molecule has 0 spiro atoms. The molecule has 0 fully saturated rings. The van der Waals surface area contributed by atoms with Crippen molar-refractivity contribution in [2.24, 2.45) is 0 Å². The second-order valence-corrected chi connectivity index (χ2v) is 4.98. The van der Waals surface area contributed by atoms with E-state index in [1.807, 2.05) is 37.3 Å². The summed E-state index contributed by atoms with van der Waals surface area (Å²) in [7, 11) is 0. The van der Waals surface area contributed by atoms with Gasteiger partial charge in [-0.1, -0.05) is 24.8 Å². The number of aryl methyl sites for hydroxylation is 3. The molecule has 0 saturated carbocycles. The number of oxazole rings is 1. The van der Waals surface area contributed by atoms with Gasteiger partial charge < -0.3 is 9.40 Å². The van der Waals surface area contributed by atoms with Crippen LogP contribution in [0.1, 0.15) is 22.7 Å². The van der Waals surface area contributed by atoms with Crippen molar-refractivity contribution in [1.82, 2.24) is 9.97 Å². The van der Waals surface area contributed by atoms with Crippen LogP contribution in [0, 0.1) is 6.92 Å². The summed E-state index contributed by atoms with van der Waals surface area (Å²) in [6.45, 7) is 5.62. The van der Waals surface area contributed by atoms with E-state index in [0.717, 1.165) is 27.9 Å². The lowest BCUT2D eigenvalue weighted by Crippen LogP contribution is -2.15. The molecule has 0 bridgehead atoms. The monoisotopic (exact) mass is 280 g/mol. The van der Waals surface area contributed by atoms with Crippen LogP contribution in [0.2, 0.25) is 0 Å². The second kappa shape index (κ2) is 5.40. The average Bonchev–Trinajstić information content (AvgIpc) is 2.89. The van der Waals surface area contributed by atoms with Gasteiger partial charge in [-0.05, 0) is 37.1 Å². The first-order chi connectivity index (χ1) is 10.2. The van der Waals surface area contributed by atoms with Crippen LogP contribution < -0.4 is 5.56 Å². The molecule has 0 aliphatic carbocycles. The van der Waals surface area contributed by atoms with Gasteiger partial charge in [0.05, 0.1) is 0 Å². The Morgan fingerprint density at radius 3 is 2.90 bits per heavy atom. The third-order valence-electron chi connectivity index (χ3n) is 3.52. The lowest BCUT2D eigenvalue weighted by Gasteiger charge is -2.04. The average molecular weight is 280 g/mol. The number of benzene rings is 1. The number of nitrogens with zero attached hydrogens (tertiary/aromatic N) is 1. The third kappa shape index (κ3) is 2.65. The van der Waals surface area contributed by atoms with Gasteiger partial charge in [0.25, 0.3) is 5.56 Å². The maximum atomic E-state index is 12.0. The van der Waals surface area contributed by atoms with Crippen LogP contribution >= 0.6 is 0 Å². The molecule has 0 amide bonds. The first-order valence-electron chi connectivity index (χ1n) is 6.87. The quantitative estimate of drug-likeness (QED) is 0.798. The van der Waals surface area contributed by atoms with E-state index in [1.54, 1.807) is 6.08 Å². The maximum absolute atomic E-state index is 12.0. The Hall–Kier alpha value is -2.62. The molecule has 3 rings (SSSR count). The largest absolute Gasteiger partial charge is 0.441 e. The van der Waals surface area contributed by atoms with Gasteiger partial charge in [0.1, 0.15) is 5.52 Å². The van der Waals surface area contributed by atoms with Gasteiger partial charge in [-0.2, -0.15) is 0 Å². The summed E-state index contributed by atoms with van der Waals surface area (Å²) in [5.41, 5.74) is 4.06. The molecular weight excluding hydrogens is 264 g/mol. The molecule has 0 atom stereocenters. The van der Waals surface area contributed by atoms with Crippen molar-refractivity contribution in [3.8, 4) is 0 Å². The number of aromatic nitrogens is 2. The van der Waals surface area contributed by atoms with Crippen LogP contribution in [-0.4, -0.2) is 9.97 Å². The van der Waals surface area contributed by atoms with Crippen LogP contribution in [0.5, 0.6) is 0 Å². The van der Waals surface area contributed by atoms with Crippen molar-refractivity contribution in [3.05, 3.63) is 70.0 Å². The fraction of sp³-hybridized carbons (Fsp3) is 0.176. The van der Waals surface area contributed by atoms with Crippen LogP contribution in [0.3, 0.4) is 0 Å². The van der Waals surface area contributed by atoms with E-state index in [1.165, 1.54) is 0 Å². The molecule has 3 aromatic rings. The third-order valence-corrected chi connectivity index (χ3v) is 3.52. The highest BCUT2D eigenvalue weighted by atomic mass is 16.3. The molecule has 4 nitrogen and oxygen atoms in total. The second-order valence-electron chi connectivity index (χ2n) is 4.98. The number of hydrogen-bond donors (Lipinski definition) is 1. The molecule has 0 unspecified atom stereocenters. The molecule has 0 aliphatic rings. The standard InChI is InChI=1S/C17H16N2O2/c1-3-12-10-13(17(20)18-11(12)2)8-9-16-19-14-6-4-5-7-15(14)21-16/h3-7,10H,1,8-9H2,2H3,(H,18,20). The molecule has 0 radical (unpaired) electrons. The number of pyridine rings is 1. The highest BCUT2D eigenvalue weighted by Crippen LogP contribution is 2.16. The summed E-state index contributed by atoms with van der Waals surface area (Å²) in [5.74, 6) is 0.649. The van der Waals surface area contributed by atoms with E-state index in [-0.39, 0.29) is 5.56 Å². The van der Waals surface area contributed by atoms with E-state index >= 15 is 0 Å². The topological polar surface area (TPSA) is 58.9 Å². The van der Waals surface area contributed by atoms with Crippen molar-refractivity contribution in [3.63, 3.8) is 0 Å². The maximum Gasteiger partial charge on any atom is 0.251 e. The molecule has 2 aromatic heterocycles. The number of H-pyrrole nitrogens is 1. The fourth-order valence-electron chi connectivity index (χ4n) is 2.35. The van der Waals surface area contributed by atoms with Gasteiger partial charge in [0, 0.05) is 17.7 Å². The van der Waals surface area contributed by atoms with E-state index in [2.05, 4.69) is 16.5 Å². The summed E-state index contributed by atoms with van der Waals surface area (Å²) < 4.78 is 5.67. The Morgan fingerprint density at radius 2 is 2.14 bits per heavy atom. The summed E-state index contributed by atoms with van der Waals surface area (Å²) in [6.07, 6.45) is 2.93. The summed E-state index contributed by atoms with van der Waals surface area (Å²) >= 11 is 0. The first-order valence-corrected chi connectivity index (χ1v) is 6.87. The summed E-state index contributed by atoms with van der Waals surface area (Å²) in [6, 6.07) is 9.52. The number of para-hydroxylation sites is 2. The number of fused-ring (bicyclic) bond motifs is 1. The fourth-order valence-corrected chi connectivity index (χ4v) is 2.35. The minimum Gasteiger partial charge on any atom is -0.441 e. The van der Waals surface area contributed by atoms with Crippen LogP contribution in [0.25, 0.3) is 17.2 Å². The molecule has 4 heteroatoms. The van der Waals surface area contributed by atoms with Crippen molar-refractivity contribution in [2.75, 3.05) is 0 Å². The van der Waals surface area contributed by atoms with Crippen molar-refractivity contribution in [1.29, 1.82) is 0 Å². The highest BCUT2D eigenvalue weighted by molar-refractivity contribution is 5.72. The van der Waals surface area contributed by atoms with Gasteiger partial charge in [-0.25, -0.2) is 4.98 Å². The normalized spacial score (nSPS) is 10.9. The van der Waals surface area contributed by atoms with E-state index in [0.29, 0.717) is 18.7 Å². The zero-order valence-corrected chi connectivity index (χ0v) is 11.8. The lowest BCUT2D eigenvalue weighted by molar-refractivity contribution is 0.528. The molecule has 2 heterocycles. The zero-order valence-electron chi connectivity index (χ0n) is 11.8. The van der Waals surface area contributed by atoms with E-state index in [9.17, 15) is 4.79 Å². The van der Waals surface area contributed by atoms with Crippen molar-refractivity contribution >= 4 is 17.2 Å². The predicted octanol–water partition coefficient (Wildman–Crippen LogP) is 3.25. The Morgan fingerprint density at radius 1 is 1.33 bits per heavy atom. The molecule has 0 aliphatic heterocycles. The Kier molecular flexibility index (Phi) is 3.44. The van der Waals surface area contributed by atoms with Crippen molar-refractivity contribution in [2.45, 2.75) is 19.8 Å². The van der Waals surface area contributed by atoms with Crippen molar-refractivity contribution < 1.29 is 4.42 Å². The number of hydrogen-bond acceptors (Lipinski definition) is 3. The Labute approximate surface area is 122 Å². The summed E-state index contributed by atoms with van der Waals surface area (Å²) in [4.78, 5) is 19.2. The minimum absolute atomic E-state index is 0.0609.